The second-order valence-electron chi connectivity index (χ2n) is 7.51. The number of benzene rings is 1. The number of nitrogens with one attached hydrogen (secondary N) is 1. The highest BCUT2D eigenvalue weighted by Gasteiger charge is 2.24. The summed E-state index contributed by atoms with van der Waals surface area (Å²) in [5.74, 6) is 0.587. The maximum absolute atomic E-state index is 12.5. The molecule has 0 amide bonds. The van der Waals surface area contributed by atoms with Gasteiger partial charge in [0.15, 0.2) is 5.82 Å². The molecule has 2 aromatic rings. The van der Waals surface area contributed by atoms with Crippen LogP contribution in [-0.2, 0) is 24.5 Å². The third kappa shape index (κ3) is 3.77. The van der Waals surface area contributed by atoms with E-state index in [1.807, 2.05) is 6.92 Å². The Hall–Kier alpha value is -2.18. The summed E-state index contributed by atoms with van der Waals surface area (Å²) in [7, 11) is 0. The first-order valence-corrected chi connectivity index (χ1v) is 9.91. The highest BCUT2D eigenvalue weighted by atomic mass is 16.5. The molecule has 144 valence electrons. The molecular formula is C21H28N4O2. The van der Waals surface area contributed by atoms with Crippen LogP contribution in [0.2, 0.25) is 0 Å². The van der Waals surface area contributed by atoms with Crippen LogP contribution in [0.15, 0.2) is 35.4 Å². The van der Waals surface area contributed by atoms with E-state index in [1.165, 1.54) is 16.7 Å². The average molecular weight is 368 g/mol. The summed E-state index contributed by atoms with van der Waals surface area (Å²) in [5, 5.41) is 3.76. The van der Waals surface area contributed by atoms with Crippen LogP contribution in [0.1, 0.15) is 49.4 Å². The highest BCUT2D eigenvalue weighted by molar-refractivity contribution is 5.37. The molecule has 6 heteroatoms. The Morgan fingerprint density at radius 1 is 1.26 bits per heavy atom. The van der Waals surface area contributed by atoms with E-state index in [4.69, 9.17) is 4.74 Å². The third-order valence-corrected chi connectivity index (χ3v) is 5.76. The van der Waals surface area contributed by atoms with Crippen molar-refractivity contribution >= 4 is 5.82 Å². The van der Waals surface area contributed by atoms with E-state index in [9.17, 15) is 4.79 Å². The van der Waals surface area contributed by atoms with E-state index < -0.39 is 0 Å². The summed E-state index contributed by atoms with van der Waals surface area (Å²) in [5.41, 5.74) is 3.96. The Labute approximate surface area is 160 Å². The Morgan fingerprint density at radius 3 is 2.81 bits per heavy atom. The number of rotatable bonds is 5. The zero-order valence-corrected chi connectivity index (χ0v) is 16.1. The maximum atomic E-state index is 12.5. The third-order valence-electron chi connectivity index (χ3n) is 5.76. The Kier molecular flexibility index (Phi) is 5.27. The predicted molar refractivity (Wildman–Crippen MR) is 106 cm³/mol. The molecule has 0 radical (unpaired) electrons. The lowest BCUT2D eigenvalue weighted by atomic mass is 9.99. The molecule has 0 spiro atoms. The summed E-state index contributed by atoms with van der Waals surface area (Å²) in [6, 6.07) is 7.44. The van der Waals surface area contributed by atoms with Gasteiger partial charge in [0.05, 0.1) is 13.2 Å². The molecular weight excluding hydrogens is 340 g/mol. The number of anilines is 1. The molecule has 1 atom stereocenters. The quantitative estimate of drug-likeness (QED) is 0.879. The Bertz CT molecular complexity index is 856. The number of aryl methyl sites for hydroxylation is 1. The Balaban J connectivity index is 1.36. The molecule has 1 saturated heterocycles. The van der Waals surface area contributed by atoms with Gasteiger partial charge in [0, 0.05) is 44.1 Å². The van der Waals surface area contributed by atoms with Crippen LogP contribution in [0.3, 0.4) is 0 Å². The smallest absolute Gasteiger partial charge is 0.293 e. The van der Waals surface area contributed by atoms with Gasteiger partial charge in [-0.2, -0.15) is 0 Å². The first-order valence-electron chi connectivity index (χ1n) is 9.91. The summed E-state index contributed by atoms with van der Waals surface area (Å²) >= 11 is 0. The largest absolute Gasteiger partial charge is 0.372 e. The molecule has 1 aromatic carbocycles. The van der Waals surface area contributed by atoms with Crippen molar-refractivity contribution in [1.29, 1.82) is 0 Å². The van der Waals surface area contributed by atoms with E-state index in [-0.39, 0.29) is 5.56 Å². The second kappa shape index (κ2) is 7.82. The van der Waals surface area contributed by atoms with Gasteiger partial charge in [-0.3, -0.25) is 4.79 Å². The standard InChI is InChI=1S/C21H28N4O2/c1-3-24-11-8-22-20(21(24)26)25-9-6-19(7-10-25)23-15(2)16-4-5-17-13-27-14-18(17)12-16/h4-5,8,11-12,15,19,23H,3,6-7,9-10,13-14H2,1-2H3. The van der Waals surface area contributed by atoms with Crippen LogP contribution < -0.4 is 15.8 Å². The van der Waals surface area contributed by atoms with Gasteiger partial charge >= 0.3 is 0 Å². The van der Waals surface area contributed by atoms with Crippen LogP contribution in [0.4, 0.5) is 5.82 Å². The van der Waals surface area contributed by atoms with Crippen molar-refractivity contribution in [2.24, 2.45) is 0 Å². The lowest BCUT2D eigenvalue weighted by Crippen LogP contribution is -2.45. The molecule has 3 heterocycles. The van der Waals surface area contributed by atoms with Gasteiger partial charge in [-0.25, -0.2) is 4.98 Å². The zero-order chi connectivity index (χ0) is 18.8. The van der Waals surface area contributed by atoms with E-state index >= 15 is 0 Å². The summed E-state index contributed by atoms with van der Waals surface area (Å²) in [6.07, 6.45) is 5.51. The van der Waals surface area contributed by atoms with Crippen molar-refractivity contribution in [2.45, 2.75) is 58.5 Å². The van der Waals surface area contributed by atoms with Crippen molar-refractivity contribution < 1.29 is 4.74 Å². The fourth-order valence-electron chi connectivity index (χ4n) is 4.07. The lowest BCUT2D eigenvalue weighted by Gasteiger charge is -2.34. The van der Waals surface area contributed by atoms with Gasteiger partial charge in [0.25, 0.3) is 5.56 Å². The van der Waals surface area contributed by atoms with Crippen LogP contribution in [0.5, 0.6) is 0 Å². The molecule has 2 aliphatic rings. The topological polar surface area (TPSA) is 59.4 Å². The van der Waals surface area contributed by atoms with Crippen LogP contribution in [0.25, 0.3) is 0 Å². The summed E-state index contributed by atoms with van der Waals surface area (Å²) in [4.78, 5) is 18.9. The Morgan fingerprint density at radius 2 is 2.04 bits per heavy atom. The number of aromatic nitrogens is 2. The SMILES string of the molecule is CCn1ccnc(N2CCC(NC(C)c3ccc4c(c3)COC4)CC2)c1=O. The van der Waals surface area contributed by atoms with Gasteiger partial charge in [-0.05, 0) is 43.4 Å². The van der Waals surface area contributed by atoms with Gasteiger partial charge < -0.3 is 19.5 Å². The molecule has 1 N–H and O–H groups in total. The van der Waals surface area contributed by atoms with Crippen LogP contribution >= 0.6 is 0 Å². The van der Waals surface area contributed by atoms with Gasteiger partial charge in [-0.15, -0.1) is 0 Å². The fraction of sp³-hybridized carbons (Fsp3) is 0.524. The number of fused-ring (bicyclic) bond motifs is 1. The van der Waals surface area contributed by atoms with E-state index in [1.54, 1.807) is 17.0 Å². The van der Waals surface area contributed by atoms with E-state index in [0.717, 1.165) is 39.1 Å². The van der Waals surface area contributed by atoms with Crippen molar-refractivity contribution in [3.63, 3.8) is 0 Å². The molecule has 27 heavy (non-hydrogen) atoms. The second-order valence-corrected chi connectivity index (χ2v) is 7.51. The minimum Gasteiger partial charge on any atom is -0.372 e. The fourth-order valence-corrected chi connectivity index (χ4v) is 4.07. The van der Waals surface area contributed by atoms with Gasteiger partial charge in [-0.1, -0.05) is 18.2 Å². The van der Waals surface area contributed by atoms with Gasteiger partial charge in [0.2, 0.25) is 0 Å². The molecule has 1 fully saturated rings. The van der Waals surface area contributed by atoms with Crippen LogP contribution in [0, 0.1) is 0 Å². The molecule has 0 aliphatic carbocycles. The number of ether oxygens (including phenoxy) is 1. The van der Waals surface area contributed by atoms with E-state index in [0.29, 0.717) is 24.4 Å². The van der Waals surface area contributed by atoms with Crippen molar-refractivity contribution in [3.05, 3.63) is 57.6 Å². The number of hydrogen-bond donors (Lipinski definition) is 1. The predicted octanol–water partition coefficient (Wildman–Crippen LogP) is 2.61. The molecule has 1 unspecified atom stereocenters. The summed E-state index contributed by atoms with van der Waals surface area (Å²) < 4.78 is 7.24. The number of nitrogens with zero attached hydrogens (tertiary/aromatic N) is 3. The van der Waals surface area contributed by atoms with Crippen molar-refractivity contribution in [1.82, 2.24) is 14.9 Å². The first kappa shape index (κ1) is 18.2. The van der Waals surface area contributed by atoms with Gasteiger partial charge in [0.1, 0.15) is 0 Å². The maximum Gasteiger partial charge on any atom is 0.293 e. The molecule has 1 aromatic heterocycles. The molecule has 6 nitrogen and oxygen atoms in total. The number of hydrogen-bond acceptors (Lipinski definition) is 5. The van der Waals surface area contributed by atoms with E-state index in [2.05, 4.69) is 40.3 Å². The van der Waals surface area contributed by atoms with Crippen molar-refractivity contribution in [2.75, 3.05) is 18.0 Å². The zero-order valence-electron chi connectivity index (χ0n) is 16.1. The monoisotopic (exact) mass is 368 g/mol. The average Bonchev–Trinajstić information content (AvgIpc) is 3.17. The summed E-state index contributed by atoms with van der Waals surface area (Å²) in [6.45, 7) is 8.07. The minimum atomic E-state index is 0.0140. The van der Waals surface area contributed by atoms with Crippen molar-refractivity contribution in [3.8, 4) is 0 Å². The lowest BCUT2D eigenvalue weighted by molar-refractivity contribution is 0.134. The first-order chi connectivity index (χ1) is 13.2. The highest BCUT2D eigenvalue weighted by Crippen LogP contribution is 2.25. The number of piperidine rings is 1. The molecule has 4 rings (SSSR count). The minimum absolute atomic E-state index is 0.0140. The molecule has 0 saturated carbocycles. The normalized spacial score (nSPS) is 18.5. The molecule has 2 aliphatic heterocycles. The van der Waals surface area contributed by atoms with Crippen LogP contribution in [-0.4, -0.2) is 28.7 Å². The molecule has 0 bridgehead atoms.